The minimum absolute atomic E-state index is 0.211. The summed E-state index contributed by atoms with van der Waals surface area (Å²) in [5.74, 6) is 0.882. The third-order valence-corrected chi connectivity index (χ3v) is 8.97. The van der Waals surface area contributed by atoms with Gasteiger partial charge in [0.25, 0.3) is 0 Å². The number of ether oxygens (including phenoxy) is 8. The number of fused-ring (bicyclic) bond motifs is 2. The summed E-state index contributed by atoms with van der Waals surface area (Å²) in [4.78, 5) is 39.7. The molecule has 60 heavy (non-hydrogen) atoms. The van der Waals surface area contributed by atoms with E-state index in [9.17, 15) is 9.59 Å². The minimum atomic E-state index is 0.211. The van der Waals surface area contributed by atoms with Crippen LogP contribution in [0, 0.1) is 0 Å². The van der Waals surface area contributed by atoms with E-state index in [1.54, 1.807) is 13.3 Å². The molecule has 0 saturated heterocycles. The monoisotopic (exact) mass is 845 g/mol. The lowest BCUT2D eigenvalue weighted by molar-refractivity contribution is -0.121. The van der Waals surface area contributed by atoms with Crippen molar-refractivity contribution in [1.82, 2.24) is 29.7 Å². The number of pyridine rings is 1. The Bertz CT molecular complexity index is 1720. The van der Waals surface area contributed by atoms with Crippen molar-refractivity contribution in [3.63, 3.8) is 0 Å². The van der Waals surface area contributed by atoms with Crippen LogP contribution in [0.25, 0.3) is 33.3 Å². The van der Waals surface area contributed by atoms with Crippen LogP contribution in [-0.2, 0) is 54.0 Å². The summed E-state index contributed by atoms with van der Waals surface area (Å²) >= 11 is 0. The van der Waals surface area contributed by atoms with E-state index in [1.807, 2.05) is 23.0 Å². The second kappa shape index (κ2) is 32.7. The molecule has 0 unspecified atom stereocenters. The van der Waals surface area contributed by atoms with Gasteiger partial charge in [-0.05, 0) is 31.4 Å². The van der Waals surface area contributed by atoms with Gasteiger partial charge in [0, 0.05) is 69.2 Å². The van der Waals surface area contributed by atoms with Crippen molar-refractivity contribution in [3.05, 3.63) is 30.9 Å². The zero-order valence-electron chi connectivity index (χ0n) is 35.7. The van der Waals surface area contributed by atoms with E-state index >= 15 is 0 Å². The number of carbonyl (C=O) groups is 2. The number of rotatable bonds is 36. The first-order valence-electron chi connectivity index (χ1n) is 21.2. The lowest BCUT2D eigenvalue weighted by Crippen LogP contribution is -2.14. The number of Topliss-reactive ketones (excluding diaryl/α,β-unsaturated/α-hetero) is 2. The number of aryl methyl sites for hydroxylation is 1. The molecule has 0 amide bonds. The van der Waals surface area contributed by atoms with Crippen molar-refractivity contribution in [2.24, 2.45) is 5.73 Å². The van der Waals surface area contributed by atoms with Crippen molar-refractivity contribution < 1.29 is 47.5 Å². The van der Waals surface area contributed by atoms with E-state index < -0.39 is 0 Å². The van der Waals surface area contributed by atoms with Gasteiger partial charge in [-0.1, -0.05) is 19.8 Å². The molecule has 4 rings (SSSR count). The molecule has 4 heterocycles. The molecule has 18 heteroatoms. The topological polar surface area (TPSA) is 232 Å². The standard InChI is InChI=1S/C27H37N7O5.C15H31NO5/c1-36-11-12-38-15-16-39-14-13-37-10-7-22(35)5-3-2-4-9-34-27-23(25(28)31-19-32-27)24(33-34)21-17-20-6-8-29-26(20)30-18-21;1-2-3-4-15(17)5-7-18-9-11-20-13-14-21-12-10-19-8-6-16/h6,8,17-19H,2-5,7,9-16H2,1H3,(H,29,30)(H2,28,31,32);2-14,16H2,1H3. The number of hydrogen-bond acceptors (Lipinski definition) is 16. The zero-order valence-corrected chi connectivity index (χ0v) is 35.7. The Labute approximate surface area is 353 Å². The fourth-order valence-corrected chi connectivity index (χ4v) is 5.74. The Hall–Kier alpha value is -3.98. The Morgan fingerprint density at radius 2 is 1.25 bits per heavy atom. The van der Waals surface area contributed by atoms with Crippen molar-refractivity contribution in [1.29, 1.82) is 0 Å². The summed E-state index contributed by atoms with van der Waals surface area (Å²) in [5, 5.41) is 6.54. The van der Waals surface area contributed by atoms with Gasteiger partial charge in [0.15, 0.2) is 5.65 Å². The first-order valence-corrected chi connectivity index (χ1v) is 21.2. The van der Waals surface area contributed by atoms with Crippen molar-refractivity contribution in [2.45, 2.75) is 71.3 Å². The Balaban J connectivity index is 0.000000389. The number of hydrogen-bond donors (Lipinski definition) is 3. The average Bonchev–Trinajstić information content (AvgIpc) is 3.89. The van der Waals surface area contributed by atoms with Gasteiger partial charge < -0.3 is 54.3 Å². The molecule has 0 spiro atoms. The summed E-state index contributed by atoms with van der Waals surface area (Å²) < 4.78 is 44.1. The van der Waals surface area contributed by atoms with Crippen molar-refractivity contribution in [3.8, 4) is 11.3 Å². The number of aromatic amines is 1. The lowest BCUT2D eigenvalue weighted by Gasteiger charge is -2.07. The van der Waals surface area contributed by atoms with Gasteiger partial charge in [-0.25, -0.2) is 19.6 Å². The number of H-pyrrole nitrogens is 1. The third-order valence-electron chi connectivity index (χ3n) is 8.97. The minimum Gasteiger partial charge on any atom is -0.383 e. The Morgan fingerprint density at radius 3 is 1.83 bits per heavy atom. The fraction of sp³-hybridized carbons (Fsp3) is 0.667. The molecule has 0 fully saturated rings. The first kappa shape index (κ1) is 50.4. The summed E-state index contributed by atoms with van der Waals surface area (Å²) in [6.45, 7) is 11.1. The number of ketones is 2. The van der Waals surface area contributed by atoms with Crippen LogP contribution in [0.4, 0.5) is 5.82 Å². The van der Waals surface area contributed by atoms with Gasteiger partial charge in [0.05, 0.1) is 104 Å². The Kier molecular flexibility index (Phi) is 27.5. The van der Waals surface area contributed by atoms with E-state index in [0.717, 1.165) is 59.8 Å². The molecular weight excluding hydrogens is 777 g/mol. The third kappa shape index (κ3) is 21.0. The van der Waals surface area contributed by atoms with Gasteiger partial charge in [-0.15, -0.1) is 0 Å². The number of unbranched alkanes of at least 4 members (excludes halogenated alkanes) is 3. The van der Waals surface area contributed by atoms with Gasteiger partial charge >= 0.3 is 0 Å². The molecule has 4 aromatic heterocycles. The molecule has 0 aliphatic rings. The number of aromatic nitrogens is 6. The average molecular weight is 845 g/mol. The van der Waals surface area contributed by atoms with Crippen LogP contribution in [-0.4, -0.2) is 154 Å². The molecule has 5 N–H and O–H groups in total. The van der Waals surface area contributed by atoms with Crippen LogP contribution < -0.4 is 11.5 Å². The predicted molar refractivity (Wildman–Crippen MR) is 229 cm³/mol. The number of nitrogens with zero attached hydrogens (tertiary/aromatic N) is 5. The van der Waals surface area contributed by atoms with Crippen molar-refractivity contribution in [2.75, 3.05) is 118 Å². The predicted octanol–water partition coefficient (Wildman–Crippen LogP) is 4.33. The van der Waals surface area contributed by atoms with E-state index in [-0.39, 0.29) is 11.6 Å². The molecule has 336 valence electrons. The maximum Gasteiger partial charge on any atom is 0.163 e. The van der Waals surface area contributed by atoms with E-state index in [2.05, 4.69) is 26.9 Å². The molecule has 0 aliphatic carbocycles. The van der Waals surface area contributed by atoms with Gasteiger partial charge in [0.1, 0.15) is 35.1 Å². The maximum atomic E-state index is 12.2. The second-order valence-electron chi connectivity index (χ2n) is 13.7. The van der Waals surface area contributed by atoms with Crippen LogP contribution in [0.2, 0.25) is 0 Å². The highest BCUT2D eigenvalue weighted by molar-refractivity contribution is 5.99. The number of nitrogen functional groups attached to an aromatic ring is 1. The van der Waals surface area contributed by atoms with Gasteiger partial charge in [-0.3, -0.25) is 9.59 Å². The number of methoxy groups -OCH3 is 1. The molecule has 0 saturated carbocycles. The quantitative estimate of drug-likeness (QED) is 0.0541. The summed E-state index contributed by atoms with van der Waals surface area (Å²) in [6, 6.07) is 4.00. The number of anilines is 1. The van der Waals surface area contributed by atoms with Crippen LogP contribution in [0.15, 0.2) is 30.9 Å². The molecule has 0 radical (unpaired) electrons. The molecule has 0 atom stereocenters. The van der Waals surface area contributed by atoms with E-state index in [0.29, 0.717) is 149 Å². The van der Waals surface area contributed by atoms with Gasteiger partial charge in [-0.2, -0.15) is 5.10 Å². The summed E-state index contributed by atoms with van der Waals surface area (Å²) in [7, 11) is 1.64. The van der Waals surface area contributed by atoms with Crippen LogP contribution in [0.5, 0.6) is 0 Å². The molecule has 0 aromatic carbocycles. The first-order chi connectivity index (χ1) is 29.5. The lowest BCUT2D eigenvalue weighted by atomic mass is 10.1. The smallest absolute Gasteiger partial charge is 0.163 e. The Morgan fingerprint density at radius 1 is 0.683 bits per heavy atom. The molecular formula is C42H68N8O10. The summed E-state index contributed by atoms with van der Waals surface area (Å²) in [5.41, 5.74) is 14.6. The highest BCUT2D eigenvalue weighted by Gasteiger charge is 2.18. The number of nitrogens with one attached hydrogen (secondary N) is 1. The second-order valence-corrected chi connectivity index (χ2v) is 13.7. The zero-order chi connectivity index (χ0) is 42.9. The normalized spacial score (nSPS) is 11.4. The maximum absolute atomic E-state index is 12.2. The van der Waals surface area contributed by atoms with Crippen molar-refractivity contribution >= 4 is 39.5 Å². The molecule has 0 aliphatic heterocycles. The van der Waals surface area contributed by atoms with Crippen LogP contribution in [0.1, 0.15) is 64.7 Å². The molecule has 18 nitrogen and oxygen atoms in total. The molecule has 0 bridgehead atoms. The summed E-state index contributed by atoms with van der Waals surface area (Å²) in [6.07, 6.45) is 11.8. The largest absolute Gasteiger partial charge is 0.383 e. The van der Waals surface area contributed by atoms with Crippen LogP contribution in [0.3, 0.4) is 0 Å². The number of carbonyl (C=O) groups excluding carboxylic acids is 2. The van der Waals surface area contributed by atoms with Gasteiger partial charge in [0.2, 0.25) is 0 Å². The highest BCUT2D eigenvalue weighted by atomic mass is 16.6. The van der Waals surface area contributed by atoms with Crippen LogP contribution >= 0.6 is 0 Å². The van der Waals surface area contributed by atoms with E-state index in [4.69, 9.17) is 54.5 Å². The molecule has 4 aromatic rings. The highest BCUT2D eigenvalue weighted by Crippen LogP contribution is 2.31. The number of nitrogens with two attached hydrogens (primary N) is 2. The van der Waals surface area contributed by atoms with E-state index in [1.165, 1.54) is 6.33 Å². The fourth-order valence-electron chi connectivity index (χ4n) is 5.74. The SMILES string of the molecule is CCCCC(=O)CCOCCOCCOCCOCCN.COCCOCCOCCOCCC(=O)CCCCCn1nc(-c2cnc3[nH]ccc3c2)c2c(N)ncnc21.